The van der Waals surface area contributed by atoms with Crippen molar-refractivity contribution < 1.29 is 14.4 Å². The summed E-state index contributed by atoms with van der Waals surface area (Å²) in [6.45, 7) is 2.43. The highest BCUT2D eigenvalue weighted by Gasteiger charge is 2.22. The van der Waals surface area contributed by atoms with Crippen molar-refractivity contribution in [2.24, 2.45) is 0 Å². The number of ether oxygens (including phenoxy) is 1. The number of pyridine rings is 1. The molecule has 0 saturated heterocycles. The van der Waals surface area contributed by atoms with E-state index in [0.29, 0.717) is 22.9 Å². The van der Waals surface area contributed by atoms with Crippen LogP contribution in [-0.2, 0) is 16.2 Å². The zero-order valence-corrected chi connectivity index (χ0v) is 15.5. The van der Waals surface area contributed by atoms with Crippen LogP contribution in [0.1, 0.15) is 23.0 Å². The fourth-order valence-electron chi connectivity index (χ4n) is 2.75. The van der Waals surface area contributed by atoms with Gasteiger partial charge in [-0.2, -0.15) is 5.10 Å². The number of carbonyl (C=O) groups is 1. The van der Waals surface area contributed by atoms with E-state index in [1.807, 2.05) is 19.1 Å². The Balaban J connectivity index is 2.13. The maximum Gasteiger partial charge on any atom is 0.280 e. The van der Waals surface area contributed by atoms with E-state index in [1.54, 1.807) is 37.2 Å². The smallest absolute Gasteiger partial charge is 0.280 e. The van der Waals surface area contributed by atoms with Crippen LogP contribution in [0, 0.1) is 0 Å². The Labute approximate surface area is 156 Å². The molecule has 0 aliphatic rings. The predicted octanol–water partition coefficient (Wildman–Crippen LogP) is 3.24. The molecule has 0 unspecified atom stereocenters. The first kappa shape index (κ1) is 18.3. The van der Waals surface area contributed by atoms with E-state index < -0.39 is 0 Å². The molecule has 26 heavy (non-hydrogen) atoms. The first-order valence-electron chi connectivity index (χ1n) is 8.08. The Morgan fingerprint density at radius 2 is 2.15 bits per heavy atom. The third-order valence-electron chi connectivity index (χ3n) is 3.90. The van der Waals surface area contributed by atoms with E-state index in [-0.39, 0.29) is 12.5 Å². The molecule has 0 atom stereocenters. The molecule has 2 aromatic heterocycles. The molecule has 2 heterocycles. The van der Waals surface area contributed by atoms with Crippen molar-refractivity contribution in [1.29, 1.82) is 0 Å². The van der Waals surface area contributed by atoms with Crippen molar-refractivity contribution >= 4 is 28.4 Å². The van der Waals surface area contributed by atoms with E-state index in [1.165, 1.54) is 11.3 Å². The Morgan fingerprint density at radius 1 is 1.35 bits per heavy atom. The first-order valence-corrected chi connectivity index (χ1v) is 8.46. The van der Waals surface area contributed by atoms with Crippen molar-refractivity contribution in [2.75, 3.05) is 20.8 Å². The highest BCUT2D eigenvalue weighted by atomic mass is 35.5. The lowest BCUT2D eigenvalue weighted by Gasteiger charge is -2.16. The summed E-state index contributed by atoms with van der Waals surface area (Å²) in [4.78, 5) is 22.3. The van der Waals surface area contributed by atoms with Crippen LogP contribution in [0.2, 0.25) is 5.02 Å². The Bertz CT molecular complexity index is 941. The molecule has 0 saturated carbocycles. The predicted molar refractivity (Wildman–Crippen MR) is 98.3 cm³/mol. The van der Waals surface area contributed by atoms with Crippen LogP contribution in [0.5, 0.6) is 0 Å². The summed E-state index contributed by atoms with van der Waals surface area (Å²) in [6.07, 6.45) is 3.20. The molecule has 1 amide bonds. The summed E-state index contributed by atoms with van der Waals surface area (Å²) < 4.78 is 6.99. The number of amides is 1. The third kappa shape index (κ3) is 3.41. The van der Waals surface area contributed by atoms with Crippen molar-refractivity contribution in [1.82, 2.24) is 19.8 Å². The van der Waals surface area contributed by atoms with E-state index in [4.69, 9.17) is 21.2 Å². The number of hydrogen-bond acceptors (Lipinski definition) is 5. The lowest BCUT2D eigenvalue weighted by Crippen LogP contribution is -2.27. The molecule has 3 rings (SSSR count). The quantitative estimate of drug-likeness (QED) is 0.619. The molecule has 8 heteroatoms. The fraction of sp³-hybridized carbons (Fsp3) is 0.278. The normalized spacial score (nSPS) is 11.1. The zero-order chi connectivity index (χ0) is 18.7. The molecule has 3 aromatic rings. The number of rotatable bonds is 6. The summed E-state index contributed by atoms with van der Waals surface area (Å²) in [5, 5.41) is 7.09. The number of benzene rings is 1. The van der Waals surface area contributed by atoms with Crippen molar-refractivity contribution in [3.8, 4) is 5.69 Å². The molecule has 0 bridgehead atoms. The molecule has 1 aromatic carbocycles. The van der Waals surface area contributed by atoms with Crippen LogP contribution in [0.4, 0.5) is 0 Å². The summed E-state index contributed by atoms with van der Waals surface area (Å²) >= 11 is 6.06. The van der Waals surface area contributed by atoms with Gasteiger partial charge in [0.2, 0.25) is 0 Å². The summed E-state index contributed by atoms with van der Waals surface area (Å²) in [7, 11) is 3.14. The van der Waals surface area contributed by atoms with E-state index >= 15 is 0 Å². The maximum atomic E-state index is 12.6. The number of fused-ring (bicyclic) bond motifs is 1. The number of nitrogens with zero attached hydrogens (tertiary/aromatic N) is 4. The number of carbonyl (C=O) groups excluding carboxylic acids is 1. The highest BCUT2D eigenvalue weighted by molar-refractivity contribution is 6.31. The minimum absolute atomic E-state index is 0.221. The van der Waals surface area contributed by atoms with Crippen LogP contribution < -0.4 is 0 Å². The number of halogens is 1. The summed E-state index contributed by atoms with van der Waals surface area (Å²) in [6, 6.07) is 7.30. The van der Waals surface area contributed by atoms with Crippen molar-refractivity contribution in [3.63, 3.8) is 0 Å². The van der Waals surface area contributed by atoms with E-state index in [0.717, 1.165) is 16.6 Å². The van der Waals surface area contributed by atoms with Crippen molar-refractivity contribution in [3.05, 3.63) is 52.9 Å². The lowest BCUT2D eigenvalue weighted by molar-refractivity contribution is -0.100. The number of aromatic nitrogens is 3. The SMILES string of the molecule is CCON(C)C(=O)c1cnn(-c2ccnc3cc(Cl)ccc23)c1COC. The molecule has 0 radical (unpaired) electrons. The molecular formula is C18H19ClN4O3. The second kappa shape index (κ2) is 7.82. The van der Waals surface area contributed by atoms with Gasteiger partial charge in [0, 0.05) is 30.8 Å². The topological polar surface area (TPSA) is 69.5 Å². The van der Waals surface area contributed by atoms with Crippen LogP contribution in [0.25, 0.3) is 16.6 Å². The van der Waals surface area contributed by atoms with Gasteiger partial charge in [0.1, 0.15) is 0 Å². The van der Waals surface area contributed by atoms with Crippen molar-refractivity contribution in [2.45, 2.75) is 13.5 Å². The van der Waals surface area contributed by atoms with Gasteiger partial charge in [0.15, 0.2) is 0 Å². The largest absolute Gasteiger partial charge is 0.378 e. The molecule has 0 spiro atoms. The van der Waals surface area contributed by atoms with Crippen LogP contribution in [-0.4, -0.2) is 46.5 Å². The average Bonchev–Trinajstić information content (AvgIpc) is 3.04. The third-order valence-corrected chi connectivity index (χ3v) is 4.13. The monoisotopic (exact) mass is 374 g/mol. The Kier molecular flexibility index (Phi) is 5.51. The van der Waals surface area contributed by atoms with Gasteiger partial charge >= 0.3 is 0 Å². The minimum atomic E-state index is -0.286. The highest BCUT2D eigenvalue weighted by Crippen LogP contribution is 2.26. The summed E-state index contributed by atoms with van der Waals surface area (Å²) in [5.74, 6) is -0.286. The van der Waals surface area contributed by atoms with Gasteiger partial charge < -0.3 is 4.74 Å². The molecule has 136 valence electrons. The minimum Gasteiger partial charge on any atom is -0.378 e. The number of hydroxylamine groups is 2. The number of methoxy groups -OCH3 is 1. The average molecular weight is 375 g/mol. The van der Waals surface area contributed by atoms with Gasteiger partial charge in [-0.25, -0.2) is 9.75 Å². The number of hydrogen-bond donors (Lipinski definition) is 0. The maximum absolute atomic E-state index is 12.6. The fourth-order valence-corrected chi connectivity index (χ4v) is 2.91. The van der Waals surface area contributed by atoms with Gasteiger partial charge in [0.25, 0.3) is 5.91 Å². The lowest BCUT2D eigenvalue weighted by atomic mass is 10.1. The summed E-state index contributed by atoms with van der Waals surface area (Å²) in [5.41, 5.74) is 2.58. The zero-order valence-electron chi connectivity index (χ0n) is 14.8. The van der Waals surface area contributed by atoms with E-state index in [9.17, 15) is 4.79 Å². The second-order valence-electron chi connectivity index (χ2n) is 5.56. The van der Waals surface area contributed by atoms with Gasteiger partial charge in [-0.05, 0) is 31.2 Å². The van der Waals surface area contributed by atoms with Gasteiger partial charge in [-0.1, -0.05) is 11.6 Å². The molecule has 0 fully saturated rings. The van der Waals surface area contributed by atoms with Crippen LogP contribution in [0.3, 0.4) is 0 Å². The second-order valence-corrected chi connectivity index (χ2v) is 6.00. The molecule has 7 nitrogen and oxygen atoms in total. The van der Waals surface area contributed by atoms with Gasteiger partial charge in [-0.3, -0.25) is 14.6 Å². The van der Waals surface area contributed by atoms with Gasteiger partial charge in [-0.15, -0.1) is 0 Å². The Morgan fingerprint density at radius 3 is 2.88 bits per heavy atom. The molecule has 0 aliphatic carbocycles. The molecule has 0 aliphatic heterocycles. The van der Waals surface area contributed by atoms with Crippen LogP contribution in [0.15, 0.2) is 36.7 Å². The Hall–Kier alpha value is -2.48. The van der Waals surface area contributed by atoms with E-state index in [2.05, 4.69) is 10.1 Å². The first-order chi connectivity index (χ1) is 12.6. The van der Waals surface area contributed by atoms with Crippen LogP contribution >= 0.6 is 11.6 Å². The van der Waals surface area contributed by atoms with Gasteiger partial charge in [0.05, 0.1) is 41.9 Å². The standard InChI is InChI=1S/C18H19ClN4O3/c1-4-26-22(2)18(24)14-10-21-23(17(14)11-25-3)16-7-8-20-15-9-12(19)5-6-13(15)16/h5-10H,4,11H2,1-3H3. The molecular weight excluding hydrogens is 356 g/mol. The molecule has 0 N–H and O–H groups in total.